The average Bonchev–Trinajstić information content (AvgIpc) is 2.37. The molecule has 2 amide bonds. The second-order valence-corrected chi connectivity index (χ2v) is 4.37. The molecule has 1 aliphatic rings. The van der Waals surface area contributed by atoms with E-state index in [0.29, 0.717) is 11.1 Å². The van der Waals surface area contributed by atoms with Crippen LogP contribution in [0.4, 0.5) is 4.79 Å². The maximum Gasteiger partial charge on any atom is 0.414 e. The van der Waals surface area contributed by atoms with E-state index >= 15 is 0 Å². The highest BCUT2D eigenvalue weighted by molar-refractivity contribution is 6.44. The molecule has 1 unspecified atom stereocenters. The highest BCUT2D eigenvalue weighted by Gasteiger charge is 2.31. The molecule has 1 heterocycles. The number of carbonyl (C=O) groups is 2. The van der Waals surface area contributed by atoms with Crippen LogP contribution in [0, 0.1) is 0 Å². The van der Waals surface area contributed by atoms with Crippen molar-refractivity contribution in [3.05, 3.63) is 35.4 Å². The summed E-state index contributed by atoms with van der Waals surface area (Å²) in [7, 11) is 0. The first-order valence-electron chi connectivity index (χ1n) is 4.48. The minimum Gasteiger partial charge on any atom is -0.438 e. The Hall–Kier alpha value is -1.26. The summed E-state index contributed by atoms with van der Waals surface area (Å²) in [5, 5.41) is 2.07. The molecule has 2 rings (SSSR count). The number of amides is 2. The lowest BCUT2D eigenvalue weighted by atomic mass is 10.0. The maximum absolute atomic E-state index is 11.6. The lowest BCUT2D eigenvalue weighted by molar-refractivity contribution is 0.0895. The van der Waals surface area contributed by atoms with Crippen molar-refractivity contribution in [2.75, 3.05) is 0 Å². The van der Waals surface area contributed by atoms with Gasteiger partial charge in [-0.05, 0) is 6.07 Å². The second kappa shape index (κ2) is 4.31. The Morgan fingerprint density at radius 2 is 1.94 bits per heavy atom. The van der Waals surface area contributed by atoms with Gasteiger partial charge in [0.25, 0.3) is 5.91 Å². The van der Waals surface area contributed by atoms with Crippen molar-refractivity contribution < 1.29 is 14.3 Å². The van der Waals surface area contributed by atoms with Crippen LogP contribution in [0.3, 0.4) is 0 Å². The number of halogens is 2. The van der Waals surface area contributed by atoms with Crippen molar-refractivity contribution in [3.63, 3.8) is 0 Å². The van der Waals surface area contributed by atoms with Crippen LogP contribution < -0.4 is 5.32 Å². The van der Waals surface area contributed by atoms with Crippen LogP contribution in [-0.2, 0) is 4.74 Å². The number of imide groups is 1. The lowest BCUT2D eigenvalue weighted by Gasteiger charge is -2.16. The minimum atomic E-state index is -0.933. The van der Waals surface area contributed by atoms with Crippen LogP contribution in [0.2, 0.25) is 0 Å². The molecule has 1 N–H and O–H groups in total. The molecule has 1 aromatic carbocycles. The van der Waals surface area contributed by atoms with E-state index in [-0.39, 0.29) is 0 Å². The number of alkyl halides is 2. The molecule has 6 heteroatoms. The normalized spacial score (nSPS) is 19.8. The van der Waals surface area contributed by atoms with Crippen LogP contribution in [0.1, 0.15) is 22.0 Å². The fourth-order valence-corrected chi connectivity index (χ4v) is 1.88. The monoisotopic (exact) mass is 259 g/mol. The summed E-state index contributed by atoms with van der Waals surface area (Å²) in [6, 6.07) is 6.63. The summed E-state index contributed by atoms with van der Waals surface area (Å²) >= 11 is 11.4. The molecule has 84 valence electrons. The highest BCUT2D eigenvalue weighted by Crippen LogP contribution is 2.31. The van der Waals surface area contributed by atoms with E-state index in [1.165, 1.54) is 0 Å². The Labute approximate surface area is 101 Å². The number of nitrogens with one attached hydrogen (secondary N) is 1. The molecule has 1 atom stereocenters. The largest absolute Gasteiger partial charge is 0.438 e. The first-order chi connectivity index (χ1) is 7.59. The van der Waals surface area contributed by atoms with Gasteiger partial charge in [-0.2, -0.15) is 0 Å². The summed E-state index contributed by atoms with van der Waals surface area (Å²) in [5.74, 6) is -0.517. The quantitative estimate of drug-likeness (QED) is 0.789. The minimum absolute atomic E-state index is 0.338. The number of hydrogen-bond donors (Lipinski definition) is 1. The summed E-state index contributed by atoms with van der Waals surface area (Å²) in [4.78, 5) is 21.9. The number of rotatable bonds is 1. The van der Waals surface area contributed by atoms with Crippen molar-refractivity contribution in [2.45, 2.75) is 10.9 Å². The SMILES string of the molecule is O=C1NC(=O)c2ccccc2C(C(Cl)Cl)O1. The first kappa shape index (κ1) is 11.2. The molecule has 0 radical (unpaired) electrons. The molecule has 16 heavy (non-hydrogen) atoms. The fourth-order valence-electron chi connectivity index (χ4n) is 1.51. The first-order valence-corrected chi connectivity index (χ1v) is 5.36. The number of hydrogen-bond acceptors (Lipinski definition) is 3. The molecule has 1 aliphatic heterocycles. The molecule has 0 saturated carbocycles. The molecule has 0 fully saturated rings. The van der Waals surface area contributed by atoms with Gasteiger partial charge in [-0.3, -0.25) is 10.1 Å². The van der Waals surface area contributed by atoms with Gasteiger partial charge >= 0.3 is 6.09 Å². The van der Waals surface area contributed by atoms with Gasteiger partial charge in [0.15, 0.2) is 6.10 Å². The Morgan fingerprint density at radius 3 is 2.62 bits per heavy atom. The van der Waals surface area contributed by atoms with Crippen molar-refractivity contribution in [1.29, 1.82) is 0 Å². The van der Waals surface area contributed by atoms with Crippen molar-refractivity contribution in [1.82, 2.24) is 5.32 Å². The zero-order valence-corrected chi connectivity index (χ0v) is 9.46. The van der Waals surface area contributed by atoms with E-state index in [9.17, 15) is 9.59 Å². The number of carbonyl (C=O) groups excluding carboxylic acids is 2. The van der Waals surface area contributed by atoms with E-state index in [1.54, 1.807) is 24.3 Å². The molecular formula is C10H7Cl2NO3. The predicted octanol–water partition coefficient (Wildman–Crippen LogP) is 2.41. The van der Waals surface area contributed by atoms with Crippen molar-refractivity contribution in [2.24, 2.45) is 0 Å². The molecule has 4 nitrogen and oxygen atoms in total. The van der Waals surface area contributed by atoms with Gasteiger partial charge in [-0.15, -0.1) is 23.2 Å². The van der Waals surface area contributed by atoms with E-state index in [4.69, 9.17) is 27.9 Å². The third-order valence-electron chi connectivity index (χ3n) is 2.19. The van der Waals surface area contributed by atoms with Gasteiger partial charge < -0.3 is 4.74 Å². The van der Waals surface area contributed by atoms with Crippen LogP contribution in [0.5, 0.6) is 0 Å². The van der Waals surface area contributed by atoms with Gasteiger partial charge in [-0.1, -0.05) is 18.2 Å². The second-order valence-electron chi connectivity index (χ2n) is 3.20. The fraction of sp³-hybridized carbons (Fsp3) is 0.200. The van der Waals surface area contributed by atoms with E-state index in [0.717, 1.165) is 0 Å². The van der Waals surface area contributed by atoms with Gasteiger partial charge in [0.05, 0.1) is 0 Å². The zero-order valence-electron chi connectivity index (χ0n) is 7.94. The molecule has 0 aromatic heterocycles. The average molecular weight is 260 g/mol. The summed E-state index contributed by atoms with van der Waals surface area (Å²) in [6.07, 6.45) is -1.69. The molecule has 0 spiro atoms. The van der Waals surface area contributed by atoms with Gasteiger partial charge in [0, 0.05) is 11.1 Å². The third kappa shape index (κ3) is 1.99. The number of ether oxygens (including phenoxy) is 1. The Kier molecular flexibility index (Phi) is 3.03. The molecule has 0 aliphatic carbocycles. The lowest BCUT2D eigenvalue weighted by Crippen LogP contribution is -2.29. The molecule has 0 saturated heterocycles. The maximum atomic E-state index is 11.6. The van der Waals surface area contributed by atoms with Crippen LogP contribution in [0.25, 0.3) is 0 Å². The van der Waals surface area contributed by atoms with E-state index in [1.807, 2.05) is 0 Å². The van der Waals surface area contributed by atoms with E-state index < -0.39 is 22.9 Å². The van der Waals surface area contributed by atoms with Crippen molar-refractivity contribution in [3.8, 4) is 0 Å². The standard InChI is InChI=1S/C10H7Cl2NO3/c11-8(12)7-5-3-1-2-4-6(5)9(14)13-10(15)16-7/h1-4,7-8H,(H,13,14,15). The zero-order chi connectivity index (χ0) is 11.7. The molecule has 1 aromatic rings. The summed E-state index contributed by atoms with van der Waals surface area (Å²) < 4.78 is 4.93. The number of benzene rings is 1. The smallest absolute Gasteiger partial charge is 0.414 e. The van der Waals surface area contributed by atoms with Crippen LogP contribution in [0.15, 0.2) is 24.3 Å². The summed E-state index contributed by atoms with van der Waals surface area (Å²) in [6.45, 7) is 0. The van der Waals surface area contributed by atoms with E-state index in [2.05, 4.69) is 5.32 Å². The van der Waals surface area contributed by atoms with Crippen molar-refractivity contribution >= 4 is 35.2 Å². The Morgan fingerprint density at radius 1 is 1.25 bits per heavy atom. The van der Waals surface area contributed by atoms with Gasteiger partial charge in [0.2, 0.25) is 0 Å². The Balaban J connectivity index is 2.53. The highest BCUT2D eigenvalue weighted by atomic mass is 35.5. The predicted molar refractivity (Wildman–Crippen MR) is 58.6 cm³/mol. The van der Waals surface area contributed by atoms with Crippen LogP contribution in [-0.4, -0.2) is 16.8 Å². The van der Waals surface area contributed by atoms with Crippen LogP contribution >= 0.6 is 23.2 Å². The van der Waals surface area contributed by atoms with Gasteiger partial charge in [-0.25, -0.2) is 4.79 Å². The number of cyclic esters (lactones) is 1. The Bertz CT molecular complexity index is 447. The van der Waals surface area contributed by atoms with Gasteiger partial charge in [0.1, 0.15) is 4.84 Å². The molecular weight excluding hydrogens is 253 g/mol. The third-order valence-corrected chi connectivity index (χ3v) is 2.65. The topological polar surface area (TPSA) is 55.4 Å². The number of alkyl carbamates (subject to hydrolysis) is 1. The summed E-state index contributed by atoms with van der Waals surface area (Å²) in [5.41, 5.74) is 0.838. The molecule has 0 bridgehead atoms. The number of fused-ring (bicyclic) bond motifs is 1.